The molecule has 0 amide bonds. The zero-order valence-corrected chi connectivity index (χ0v) is 15.4. The molecular weight excluding hydrogens is 352 g/mol. The summed E-state index contributed by atoms with van der Waals surface area (Å²) in [5.41, 5.74) is 5.39. The summed E-state index contributed by atoms with van der Waals surface area (Å²) in [7, 11) is -3.66. The van der Waals surface area contributed by atoms with Gasteiger partial charge >= 0.3 is 0 Å². The smallest absolute Gasteiger partial charge is 0.241 e. The van der Waals surface area contributed by atoms with E-state index in [1.165, 1.54) is 6.07 Å². The number of nitrogens with two attached hydrogens (primary N) is 1. The van der Waals surface area contributed by atoms with Crippen LogP contribution in [-0.2, 0) is 10.0 Å². The van der Waals surface area contributed by atoms with Gasteiger partial charge in [0.25, 0.3) is 0 Å². The fourth-order valence-electron chi connectivity index (χ4n) is 3.43. The average Bonchev–Trinajstić information content (AvgIpc) is 2.56. The Balaban J connectivity index is 0.00000208. The minimum atomic E-state index is -3.66. The minimum absolute atomic E-state index is 0. The van der Waals surface area contributed by atoms with Crippen LogP contribution in [0.25, 0.3) is 0 Å². The van der Waals surface area contributed by atoms with Crippen molar-refractivity contribution >= 4 is 22.4 Å². The lowest BCUT2D eigenvalue weighted by Gasteiger charge is -2.42. The summed E-state index contributed by atoms with van der Waals surface area (Å²) in [4.78, 5) is 0.187. The Bertz CT molecular complexity index is 683. The van der Waals surface area contributed by atoms with Crippen molar-refractivity contribution in [1.29, 1.82) is 0 Å². The highest BCUT2D eigenvalue weighted by molar-refractivity contribution is 7.89. The quantitative estimate of drug-likeness (QED) is 0.839. The van der Waals surface area contributed by atoms with E-state index in [0.29, 0.717) is 31.3 Å². The summed E-state index contributed by atoms with van der Waals surface area (Å²) < 4.78 is 39.5. The van der Waals surface area contributed by atoms with Crippen molar-refractivity contribution in [2.45, 2.75) is 43.0 Å². The van der Waals surface area contributed by atoms with Gasteiger partial charge in [-0.3, -0.25) is 0 Å². The minimum Gasteiger partial charge on any atom is -0.486 e. The predicted molar refractivity (Wildman–Crippen MR) is 94.4 cm³/mol. The summed E-state index contributed by atoms with van der Waals surface area (Å²) in [6.07, 6.45) is 3.87. The van der Waals surface area contributed by atoms with Crippen molar-refractivity contribution in [2.24, 2.45) is 11.7 Å². The molecule has 8 heteroatoms. The van der Waals surface area contributed by atoms with Crippen molar-refractivity contribution in [1.82, 2.24) is 4.72 Å². The van der Waals surface area contributed by atoms with Crippen LogP contribution in [-0.4, -0.2) is 33.7 Å². The van der Waals surface area contributed by atoms with Gasteiger partial charge in [-0.15, -0.1) is 12.4 Å². The highest BCUT2D eigenvalue weighted by atomic mass is 35.5. The second-order valence-corrected chi connectivity index (χ2v) is 8.10. The summed E-state index contributed by atoms with van der Waals surface area (Å²) in [6.45, 7) is 3.27. The molecule has 1 saturated carbocycles. The van der Waals surface area contributed by atoms with Gasteiger partial charge in [-0.1, -0.05) is 19.8 Å². The molecule has 136 valence electrons. The van der Waals surface area contributed by atoms with Crippen LogP contribution in [0.1, 0.15) is 32.6 Å². The van der Waals surface area contributed by atoms with Crippen molar-refractivity contribution in [3.05, 3.63) is 18.2 Å². The number of fused-ring (bicyclic) bond motifs is 1. The molecule has 1 aromatic carbocycles. The third-order valence-corrected chi connectivity index (χ3v) is 6.53. The van der Waals surface area contributed by atoms with E-state index < -0.39 is 15.6 Å². The molecule has 1 heterocycles. The topological polar surface area (TPSA) is 90.7 Å². The second-order valence-electron chi connectivity index (χ2n) is 6.42. The van der Waals surface area contributed by atoms with Gasteiger partial charge in [0.1, 0.15) is 13.2 Å². The third kappa shape index (κ3) is 3.64. The summed E-state index contributed by atoms with van der Waals surface area (Å²) in [5, 5.41) is 0. The molecule has 1 aromatic rings. The highest BCUT2D eigenvalue weighted by Crippen LogP contribution is 2.36. The first-order valence-electron chi connectivity index (χ1n) is 8.10. The average molecular weight is 377 g/mol. The molecule has 3 rings (SSSR count). The SMILES string of the molecule is CC1CCCCC1(CN)NS(=O)(=O)c1ccc2c(c1)OCCO2.Cl. The Labute approximate surface area is 149 Å². The number of ether oxygens (including phenoxy) is 2. The second kappa shape index (κ2) is 7.47. The largest absolute Gasteiger partial charge is 0.486 e. The summed E-state index contributed by atoms with van der Waals surface area (Å²) in [5.74, 6) is 1.26. The summed E-state index contributed by atoms with van der Waals surface area (Å²) in [6, 6.07) is 4.71. The van der Waals surface area contributed by atoms with E-state index in [4.69, 9.17) is 15.2 Å². The Morgan fingerprint density at radius 2 is 1.96 bits per heavy atom. The summed E-state index contributed by atoms with van der Waals surface area (Å²) >= 11 is 0. The molecule has 1 aliphatic heterocycles. The van der Waals surface area contributed by atoms with Crippen LogP contribution in [0.2, 0.25) is 0 Å². The number of nitrogens with one attached hydrogen (secondary N) is 1. The molecule has 1 aliphatic carbocycles. The van der Waals surface area contributed by atoms with Gasteiger partial charge in [0.05, 0.1) is 4.90 Å². The van der Waals surface area contributed by atoms with Gasteiger partial charge in [-0.2, -0.15) is 0 Å². The van der Waals surface area contributed by atoms with Gasteiger partial charge in [-0.25, -0.2) is 13.1 Å². The number of sulfonamides is 1. The highest BCUT2D eigenvalue weighted by Gasteiger charge is 2.40. The molecule has 2 unspecified atom stereocenters. The third-order valence-electron chi connectivity index (χ3n) is 4.98. The lowest BCUT2D eigenvalue weighted by atomic mass is 9.74. The first-order chi connectivity index (χ1) is 11.0. The first kappa shape index (κ1) is 19.3. The van der Waals surface area contributed by atoms with Crippen LogP contribution < -0.4 is 19.9 Å². The molecule has 2 atom stereocenters. The van der Waals surface area contributed by atoms with Gasteiger partial charge in [-0.05, 0) is 30.9 Å². The van der Waals surface area contributed by atoms with Gasteiger partial charge in [0.15, 0.2) is 11.5 Å². The number of benzene rings is 1. The van der Waals surface area contributed by atoms with Crippen LogP contribution in [0, 0.1) is 5.92 Å². The van der Waals surface area contributed by atoms with Crippen LogP contribution in [0.3, 0.4) is 0 Å². The number of halogens is 1. The maximum absolute atomic E-state index is 12.8. The van der Waals surface area contributed by atoms with E-state index in [1.54, 1.807) is 12.1 Å². The molecule has 0 radical (unpaired) electrons. The molecule has 0 spiro atoms. The number of hydrogen-bond donors (Lipinski definition) is 2. The van der Waals surface area contributed by atoms with E-state index in [-0.39, 0.29) is 23.2 Å². The van der Waals surface area contributed by atoms with Crippen molar-refractivity contribution in [3.63, 3.8) is 0 Å². The lowest BCUT2D eigenvalue weighted by Crippen LogP contribution is -2.58. The zero-order chi connectivity index (χ0) is 16.5. The van der Waals surface area contributed by atoms with E-state index in [1.807, 2.05) is 0 Å². The molecule has 0 bridgehead atoms. The van der Waals surface area contributed by atoms with E-state index in [0.717, 1.165) is 25.7 Å². The molecule has 24 heavy (non-hydrogen) atoms. The molecule has 0 saturated heterocycles. The van der Waals surface area contributed by atoms with Crippen molar-refractivity contribution in [3.8, 4) is 11.5 Å². The van der Waals surface area contributed by atoms with Crippen LogP contribution in [0.15, 0.2) is 23.1 Å². The molecule has 3 N–H and O–H groups in total. The Morgan fingerprint density at radius 1 is 1.25 bits per heavy atom. The van der Waals surface area contributed by atoms with Gasteiger partial charge in [0, 0.05) is 18.2 Å². The normalized spacial score (nSPS) is 26.5. The zero-order valence-electron chi connectivity index (χ0n) is 13.8. The molecule has 2 aliphatic rings. The molecule has 6 nitrogen and oxygen atoms in total. The standard InChI is InChI=1S/C16H24N2O4S.ClH/c1-12-4-2-3-7-16(12,11-17)18-23(19,20)13-5-6-14-15(10-13)22-9-8-21-14;/h5-6,10,12,18H,2-4,7-9,11,17H2,1H3;1H. The van der Waals surface area contributed by atoms with E-state index in [2.05, 4.69) is 11.6 Å². The van der Waals surface area contributed by atoms with Crippen LogP contribution >= 0.6 is 12.4 Å². The van der Waals surface area contributed by atoms with Crippen LogP contribution in [0.5, 0.6) is 11.5 Å². The maximum Gasteiger partial charge on any atom is 0.241 e. The fraction of sp³-hybridized carbons (Fsp3) is 0.625. The fourth-order valence-corrected chi connectivity index (χ4v) is 4.98. The van der Waals surface area contributed by atoms with Gasteiger partial charge in [0.2, 0.25) is 10.0 Å². The van der Waals surface area contributed by atoms with Crippen molar-refractivity contribution < 1.29 is 17.9 Å². The first-order valence-corrected chi connectivity index (χ1v) is 9.59. The molecule has 0 aromatic heterocycles. The van der Waals surface area contributed by atoms with Crippen molar-refractivity contribution in [2.75, 3.05) is 19.8 Å². The van der Waals surface area contributed by atoms with E-state index >= 15 is 0 Å². The number of rotatable bonds is 4. The van der Waals surface area contributed by atoms with Gasteiger partial charge < -0.3 is 15.2 Å². The lowest BCUT2D eigenvalue weighted by molar-refractivity contribution is 0.171. The predicted octanol–water partition coefficient (Wildman–Crippen LogP) is 2.07. The maximum atomic E-state index is 12.8. The number of hydrogen-bond acceptors (Lipinski definition) is 5. The molecule has 1 fully saturated rings. The Hall–Kier alpha value is -1.02. The van der Waals surface area contributed by atoms with E-state index in [9.17, 15) is 8.42 Å². The van der Waals surface area contributed by atoms with Crippen LogP contribution in [0.4, 0.5) is 0 Å². The monoisotopic (exact) mass is 376 g/mol. The molecular formula is C16H25ClN2O4S. The Kier molecular flexibility index (Phi) is 6.01. The Morgan fingerprint density at radius 3 is 2.62 bits per heavy atom.